The van der Waals surface area contributed by atoms with Gasteiger partial charge >= 0.3 is 0 Å². The second kappa shape index (κ2) is 6.04. The molecule has 9 heavy (non-hydrogen) atoms. The molecule has 0 rings (SSSR count). The number of hydrogen-bond donors (Lipinski definition) is 0. The van der Waals surface area contributed by atoms with Crippen molar-refractivity contribution in [2.75, 3.05) is 12.8 Å². The second-order valence-corrected chi connectivity index (χ2v) is 4.17. The average molecular weight is 142 g/mol. The first-order valence-corrected chi connectivity index (χ1v) is 5.29. The summed E-state index contributed by atoms with van der Waals surface area (Å²) in [4.78, 5) is 0. The van der Waals surface area contributed by atoms with Crippen LogP contribution in [0.2, 0.25) is 0 Å². The van der Waals surface area contributed by atoms with Crippen LogP contribution in [-0.2, 0) is 0 Å². The van der Waals surface area contributed by atoms with Crippen LogP contribution in [0.25, 0.3) is 0 Å². The largest absolute Gasteiger partial charge is 0.0913 e. The molecule has 0 saturated heterocycles. The molecule has 1 heteroatoms. The Kier molecular flexibility index (Phi) is 5.98. The van der Waals surface area contributed by atoms with Crippen LogP contribution in [0.1, 0.15) is 13.8 Å². The van der Waals surface area contributed by atoms with Gasteiger partial charge in [0.2, 0.25) is 0 Å². The molecule has 0 nitrogen and oxygen atoms in total. The molecule has 0 aliphatic heterocycles. The van der Waals surface area contributed by atoms with Gasteiger partial charge in [0.15, 0.2) is 0 Å². The molecule has 52 valence electrons. The van der Waals surface area contributed by atoms with Crippen LogP contribution in [0.3, 0.4) is 0 Å². The summed E-state index contributed by atoms with van der Waals surface area (Å²) in [5.74, 6) is 2.29. The predicted molar refractivity (Wildman–Crippen MR) is 47.3 cm³/mol. The van der Waals surface area contributed by atoms with E-state index in [-0.39, 0.29) is 7.92 Å². The highest BCUT2D eigenvalue weighted by Crippen LogP contribution is 2.31. The van der Waals surface area contributed by atoms with Gasteiger partial charge in [0.1, 0.15) is 0 Å². The van der Waals surface area contributed by atoms with E-state index in [4.69, 9.17) is 0 Å². The lowest BCUT2D eigenvalue weighted by Crippen LogP contribution is -1.70. The van der Waals surface area contributed by atoms with E-state index in [1.165, 1.54) is 6.16 Å². The molecule has 0 aliphatic rings. The van der Waals surface area contributed by atoms with Gasteiger partial charge in [-0.3, -0.25) is 0 Å². The van der Waals surface area contributed by atoms with Crippen LogP contribution in [0.15, 0.2) is 24.0 Å². The number of hydrogen-bond acceptors (Lipinski definition) is 0. The standard InChI is InChI=1S/C8H15P/c1-4-6-8-9(3)7-5-2/h4-7H,8H2,1-3H3. The van der Waals surface area contributed by atoms with Crippen molar-refractivity contribution < 1.29 is 0 Å². The Hall–Kier alpha value is -0.0900. The summed E-state index contributed by atoms with van der Waals surface area (Å²) in [6.07, 6.45) is 7.71. The minimum atomic E-state index is 0.146. The molecule has 1 atom stereocenters. The topological polar surface area (TPSA) is 0 Å². The Bertz CT molecular complexity index is 103. The summed E-state index contributed by atoms with van der Waals surface area (Å²) >= 11 is 0. The molecule has 0 fully saturated rings. The zero-order valence-corrected chi connectivity index (χ0v) is 7.36. The SMILES string of the molecule is CC=CCP(C)C=CC. The molecule has 0 spiro atoms. The zero-order chi connectivity index (χ0) is 7.11. The monoisotopic (exact) mass is 142 g/mol. The summed E-state index contributed by atoms with van der Waals surface area (Å²) in [5.41, 5.74) is 0. The van der Waals surface area contributed by atoms with Gasteiger partial charge in [-0.25, -0.2) is 0 Å². The fourth-order valence-electron chi connectivity index (χ4n) is 0.587. The van der Waals surface area contributed by atoms with E-state index in [1.54, 1.807) is 0 Å². The van der Waals surface area contributed by atoms with Crippen LogP contribution in [-0.4, -0.2) is 12.8 Å². The van der Waals surface area contributed by atoms with E-state index in [9.17, 15) is 0 Å². The molecule has 0 amide bonds. The van der Waals surface area contributed by atoms with Crippen molar-refractivity contribution >= 4 is 7.92 Å². The molecule has 0 aliphatic carbocycles. The van der Waals surface area contributed by atoms with E-state index in [2.05, 4.69) is 44.6 Å². The highest BCUT2D eigenvalue weighted by Gasteiger charge is 1.87. The maximum absolute atomic E-state index is 2.29. The molecular formula is C8H15P. The second-order valence-electron chi connectivity index (χ2n) is 1.99. The normalized spacial score (nSPS) is 15.4. The van der Waals surface area contributed by atoms with Gasteiger partial charge in [0.25, 0.3) is 0 Å². The van der Waals surface area contributed by atoms with Crippen LogP contribution < -0.4 is 0 Å². The van der Waals surface area contributed by atoms with Gasteiger partial charge in [-0.15, -0.1) is 0 Å². The summed E-state index contributed by atoms with van der Waals surface area (Å²) in [5, 5.41) is 0. The van der Waals surface area contributed by atoms with Crippen LogP contribution >= 0.6 is 7.92 Å². The van der Waals surface area contributed by atoms with Crippen LogP contribution in [0.5, 0.6) is 0 Å². The molecule has 0 aromatic heterocycles. The first-order valence-electron chi connectivity index (χ1n) is 3.25. The third kappa shape index (κ3) is 5.79. The van der Waals surface area contributed by atoms with E-state index in [0.717, 1.165) is 0 Å². The molecule has 0 saturated carbocycles. The Morgan fingerprint density at radius 3 is 2.33 bits per heavy atom. The first-order chi connectivity index (χ1) is 4.31. The minimum Gasteiger partial charge on any atom is -0.0913 e. The molecule has 0 radical (unpaired) electrons. The van der Waals surface area contributed by atoms with Crippen LogP contribution in [0.4, 0.5) is 0 Å². The molecule has 0 aromatic rings. The fraction of sp³-hybridized carbons (Fsp3) is 0.500. The predicted octanol–water partition coefficient (Wildman–Crippen LogP) is 3.21. The van der Waals surface area contributed by atoms with E-state index >= 15 is 0 Å². The summed E-state index contributed by atoms with van der Waals surface area (Å²) in [6.45, 7) is 6.43. The Morgan fingerprint density at radius 1 is 1.22 bits per heavy atom. The van der Waals surface area contributed by atoms with Crippen molar-refractivity contribution in [3.63, 3.8) is 0 Å². The quantitative estimate of drug-likeness (QED) is 0.419. The smallest absolute Gasteiger partial charge is 0.0113 e. The van der Waals surface area contributed by atoms with Crippen molar-refractivity contribution in [2.24, 2.45) is 0 Å². The van der Waals surface area contributed by atoms with E-state index in [0.29, 0.717) is 0 Å². The average Bonchev–Trinajstić information content (AvgIpc) is 1.85. The fourth-order valence-corrected chi connectivity index (χ4v) is 1.76. The molecule has 0 heterocycles. The number of allylic oxidation sites excluding steroid dienone is 3. The third-order valence-electron chi connectivity index (χ3n) is 1.03. The van der Waals surface area contributed by atoms with Gasteiger partial charge in [0, 0.05) is 0 Å². The van der Waals surface area contributed by atoms with Gasteiger partial charge < -0.3 is 0 Å². The van der Waals surface area contributed by atoms with E-state index in [1.807, 2.05) is 0 Å². The molecular weight excluding hydrogens is 127 g/mol. The van der Waals surface area contributed by atoms with Crippen molar-refractivity contribution in [1.82, 2.24) is 0 Å². The molecule has 1 unspecified atom stereocenters. The lowest BCUT2D eigenvalue weighted by Gasteiger charge is -1.99. The Morgan fingerprint density at radius 2 is 1.89 bits per heavy atom. The summed E-state index contributed by atoms with van der Waals surface area (Å²) < 4.78 is 0. The summed E-state index contributed by atoms with van der Waals surface area (Å²) in [6, 6.07) is 0. The van der Waals surface area contributed by atoms with Crippen molar-refractivity contribution in [3.8, 4) is 0 Å². The molecule has 0 aromatic carbocycles. The highest BCUT2D eigenvalue weighted by atomic mass is 31.1. The lowest BCUT2D eigenvalue weighted by molar-refractivity contribution is 1.63. The van der Waals surface area contributed by atoms with E-state index < -0.39 is 0 Å². The number of rotatable bonds is 3. The van der Waals surface area contributed by atoms with Gasteiger partial charge in [-0.1, -0.05) is 32.0 Å². The molecule has 0 bridgehead atoms. The highest BCUT2D eigenvalue weighted by molar-refractivity contribution is 7.60. The summed E-state index contributed by atoms with van der Waals surface area (Å²) in [7, 11) is 0.146. The third-order valence-corrected chi connectivity index (χ3v) is 2.63. The Labute approximate surface area is 59.4 Å². The minimum absolute atomic E-state index is 0.146. The zero-order valence-electron chi connectivity index (χ0n) is 6.46. The van der Waals surface area contributed by atoms with Crippen LogP contribution in [0, 0.1) is 0 Å². The van der Waals surface area contributed by atoms with Crippen molar-refractivity contribution in [2.45, 2.75) is 13.8 Å². The van der Waals surface area contributed by atoms with Gasteiger partial charge in [0.05, 0.1) is 0 Å². The van der Waals surface area contributed by atoms with Gasteiger partial charge in [-0.2, -0.15) is 0 Å². The first kappa shape index (κ1) is 8.91. The molecule has 0 N–H and O–H groups in total. The van der Waals surface area contributed by atoms with Gasteiger partial charge in [-0.05, 0) is 26.7 Å². The van der Waals surface area contributed by atoms with Crippen molar-refractivity contribution in [1.29, 1.82) is 0 Å². The lowest BCUT2D eigenvalue weighted by atomic mass is 10.6. The maximum Gasteiger partial charge on any atom is -0.0113 e. The maximum atomic E-state index is 2.29. The van der Waals surface area contributed by atoms with Crippen molar-refractivity contribution in [3.05, 3.63) is 24.0 Å². The Balaban J connectivity index is 3.37.